The van der Waals surface area contributed by atoms with Crippen LogP contribution >= 0.6 is 0 Å². The van der Waals surface area contributed by atoms with Crippen LogP contribution in [-0.2, 0) is 0 Å². The molecule has 9 rings (SSSR count). The molecular weight excluding hydrogens is 412 g/mol. The third-order valence-electron chi connectivity index (χ3n) is 12.2. The average molecular weight is 463 g/mol. The molecule has 0 radical (unpaired) electrons. The van der Waals surface area contributed by atoms with Crippen LogP contribution in [-0.4, -0.2) is 12.1 Å². The van der Waals surface area contributed by atoms with E-state index in [1.54, 1.807) is 49.9 Å². The van der Waals surface area contributed by atoms with E-state index >= 15 is 0 Å². The second-order valence-corrected chi connectivity index (χ2v) is 14.6. The SMILES string of the molecule is C/C=C(\NC1CCC(N/C(=C\C)C23CC4CC(CC(C4)C2)C3)CC1)C12CC3CC(CC(C3)C1)C2. The maximum atomic E-state index is 4.18. The van der Waals surface area contributed by atoms with Crippen LogP contribution in [0.15, 0.2) is 23.5 Å². The second kappa shape index (κ2) is 8.31. The standard InChI is InChI=1S/C32H50N2/c1-3-29(31-15-21-9-22(16-31)11-23(10-21)17-31)33-27-5-7-28(8-6-27)34-30(4-2)32-18-24-12-25(19-32)14-26(13-24)20-32/h3-4,21-28,33-34H,5-20H2,1-2H3/b29-3-,30-4-. The van der Waals surface area contributed by atoms with Crippen molar-refractivity contribution >= 4 is 0 Å². The highest BCUT2D eigenvalue weighted by Gasteiger charge is 2.54. The highest BCUT2D eigenvalue weighted by Crippen LogP contribution is 2.63. The maximum absolute atomic E-state index is 4.18. The van der Waals surface area contributed by atoms with Crippen molar-refractivity contribution < 1.29 is 0 Å². The molecule has 8 bridgehead atoms. The van der Waals surface area contributed by atoms with Gasteiger partial charge in [0.05, 0.1) is 0 Å². The van der Waals surface area contributed by atoms with Crippen molar-refractivity contribution in [1.29, 1.82) is 0 Å². The topological polar surface area (TPSA) is 24.1 Å². The smallest absolute Gasteiger partial charge is 0.0259 e. The normalized spacial score (nSPS) is 51.7. The van der Waals surface area contributed by atoms with Gasteiger partial charge in [0.1, 0.15) is 0 Å². The van der Waals surface area contributed by atoms with E-state index in [0.717, 1.165) is 35.5 Å². The first-order valence-electron chi connectivity index (χ1n) is 15.4. The molecule has 9 aliphatic rings. The van der Waals surface area contributed by atoms with Crippen molar-refractivity contribution in [3.05, 3.63) is 23.5 Å². The summed E-state index contributed by atoms with van der Waals surface area (Å²) in [6, 6.07) is 1.40. The van der Waals surface area contributed by atoms with Gasteiger partial charge < -0.3 is 10.6 Å². The van der Waals surface area contributed by atoms with Crippen molar-refractivity contribution in [2.75, 3.05) is 0 Å². The molecule has 34 heavy (non-hydrogen) atoms. The molecule has 0 aromatic rings. The fraction of sp³-hybridized carbons (Fsp3) is 0.875. The fourth-order valence-corrected chi connectivity index (χ4v) is 11.8. The Hall–Kier alpha value is -0.920. The van der Waals surface area contributed by atoms with Gasteiger partial charge in [-0.3, -0.25) is 0 Å². The summed E-state index contributed by atoms with van der Waals surface area (Å²) >= 11 is 0. The molecule has 2 N–H and O–H groups in total. The highest BCUT2D eigenvalue weighted by atomic mass is 15.0. The van der Waals surface area contributed by atoms with E-state index in [-0.39, 0.29) is 0 Å². The molecule has 0 amide bonds. The van der Waals surface area contributed by atoms with E-state index < -0.39 is 0 Å². The lowest BCUT2D eigenvalue weighted by atomic mass is 9.48. The lowest BCUT2D eigenvalue weighted by molar-refractivity contribution is -0.0361. The Balaban J connectivity index is 0.967. The summed E-state index contributed by atoms with van der Waals surface area (Å²) in [5, 5.41) is 8.36. The van der Waals surface area contributed by atoms with Gasteiger partial charge in [0.15, 0.2) is 0 Å². The molecule has 188 valence electrons. The van der Waals surface area contributed by atoms with E-state index in [1.165, 1.54) is 64.2 Å². The number of hydrogen-bond donors (Lipinski definition) is 2. The largest absolute Gasteiger partial charge is 0.385 e. The van der Waals surface area contributed by atoms with Crippen molar-refractivity contribution in [3.8, 4) is 0 Å². The van der Waals surface area contributed by atoms with Gasteiger partial charge in [-0.2, -0.15) is 0 Å². The molecule has 2 heteroatoms. The van der Waals surface area contributed by atoms with Gasteiger partial charge in [-0.05, 0) is 152 Å². The van der Waals surface area contributed by atoms with Crippen molar-refractivity contribution in [3.63, 3.8) is 0 Å². The lowest BCUT2D eigenvalue weighted by Gasteiger charge is -2.58. The zero-order valence-corrected chi connectivity index (χ0v) is 22.1. The molecular formula is C32H50N2. The van der Waals surface area contributed by atoms with Gasteiger partial charge in [0.2, 0.25) is 0 Å². The predicted octanol–water partition coefficient (Wildman–Crippen LogP) is 7.72. The third-order valence-corrected chi connectivity index (χ3v) is 12.2. The molecule has 9 saturated carbocycles. The Bertz CT molecular complexity index is 701. The second-order valence-electron chi connectivity index (χ2n) is 14.6. The maximum Gasteiger partial charge on any atom is 0.0259 e. The Morgan fingerprint density at radius 2 is 0.765 bits per heavy atom. The van der Waals surface area contributed by atoms with Gasteiger partial charge in [0, 0.05) is 34.3 Å². The summed E-state index contributed by atoms with van der Waals surface area (Å²) in [5.41, 5.74) is 4.36. The molecule has 9 fully saturated rings. The minimum Gasteiger partial charge on any atom is -0.385 e. The summed E-state index contributed by atoms with van der Waals surface area (Å²) in [6.07, 6.45) is 28.5. The van der Waals surface area contributed by atoms with E-state index in [4.69, 9.17) is 0 Å². The molecule has 0 saturated heterocycles. The summed E-state index contributed by atoms with van der Waals surface area (Å²) in [5.74, 6) is 6.20. The molecule has 0 aliphatic heterocycles. The molecule has 2 nitrogen and oxygen atoms in total. The number of allylic oxidation sites excluding steroid dienone is 4. The van der Waals surface area contributed by atoms with Crippen LogP contribution in [0.3, 0.4) is 0 Å². The summed E-state index contributed by atoms with van der Waals surface area (Å²) < 4.78 is 0. The average Bonchev–Trinajstić information content (AvgIpc) is 2.80. The lowest BCUT2D eigenvalue weighted by Crippen LogP contribution is -2.52. The van der Waals surface area contributed by atoms with Crippen LogP contribution in [0.2, 0.25) is 0 Å². The zero-order chi connectivity index (χ0) is 22.9. The van der Waals surface area contributed by atoms with Crippen LogP contribution in [0.1, 0.15) is 117 Å². The summed E-state index contributed by atoms with van der Waals surface area (Å²) in [4.78, 5) is 0. The number of nitrogens with one attached hydrogen (secondary N) is 2. The van der Waals surface area contributed by atoms with E-state index in [1.807, 2.05) is 0 Å². The molecule has 0 aromatic heterocycles. The van der Waals surface area contributed by atoms with Gasteiger partial charge in [-0.15, -0.1) is 0 Å². The predicted molar refractivity (Wildman–Crippen MR) is 141 cm³/mol. The summed E-state index contributed by atoms with van der Waals surface area (Å²) in [7, 11) is 0. The number of hydrogen-bond acceptors (Lipinski definition) is 2. The van der Waals surface area contributed by atoms with Gasteiger partial charge >= 0.3 is 0 Å². The molecule has 0 spiro atoms. The van der Waals surface area contributed by atoms with Crippen molar-refractivity contribution in [2.24, 2.45) is 46.3 Å². The van der Waals surface area contributed by atoms with Crippen molar-refractivity contribution in [2.45, 2.75) is 129 Å². The number of rotatable bonds is 6. The first-order chi connectivity index (χ1) is 16.5. The first kappa shape index (κ1) is 22.3. The van der Waals surface area contributed by atoms with Gasteiger partial charge in [0.25, 0.3) is 0 Å². The molecule has 0 unspecified atom stereocenters. The van der Waals surface area contributed by atoms with Gasteiger partial charge in [-0.25, -0.2) is 0 Å². The van der Waals surface area contributed by atoms with Gasteiger partial charge in [-0.1, -0.05) is 12.2 Å². The fourth-order valence-electron chi connectivity index (χ4n) is 11.8. The Morgan fingerprint density at radius 1 is 0.500 bits per heavy atom. The van der Waals surface area contributed by atoms with Crippen LogP contribution in [0, 0.1) is 46.3 Å². The highest BCUT2D eigenvalue weighted by molar-refractivity contribution is 5.21. The van der Waals surface area contributed by atoms with Crippen LogP contribution in [0.5, 0.6) is 0 Å². The Labute approximate surface area is 209 Å². The summed E-state index contributed by atoms with van der Waals surface area (Å²) in [6.45, 7) is 4.63. The first-order valence-corrected chi connectivity index (χ1v) is 15.4. The minimum atomic E-state index is 0.523. The van der Waals surface area contributed by atoms with E-state index in [9.17, 15) is 0 Å². The van der Waals surface area contributed by atoms with Crippen LogP contribution in [0.25, 0.3) is 0 Å². The van der Waals surface area contributed by atoms with E-state index in [2.05, 4.69) is 36.6 Å². The Kier molecular flexibility index (Phi) is 5.45. The third kappa shape index (κ3) is 3.71. The monoisotopic (exact) mass is 462 g/mol. The zero-order valence-electron chi connectivity index (χ0n) is 22.1. The van der Waals surface area contributed by atoms with Crippen LogP contribution < -0.4 is 10.6 Å². The Morgan fingerprint density at radius 3 is 1.00 bits per heavy atom. The van der Waals surface area contributed by atoms with Crippen LogP contribution in [0.4, 0.5) is 0 Å². The molecule has 0 heterocycles. The molecule has 9 aliphatic carbocycles. The quantitative estimate of drug-likeness (QED) is 0.422. The van der Waals surface area contributed by atoms with E-state index in [0.29, 0.717) is 22.9 Å². The molecule has 0 aromatic carbocycles. The molecule has 0 atom stereocenters. The minimum absolute atomic E-state index is 0.523. The van der Waals surface area contributed by atoms with Crippen molar-refractivity contribution in [1.82, 2.24) is 10.6 Å².